The van der Waals surface area contributed by atoms with Crippen LogP contribution in [0, 0.1) is 11.3 Å². The molecule has 1 aromatic heterocycles. The summed E-state index contributed by atoms with van der Waals surface area (Å²) in [5, 5.41) is 12.7. The third-order valence-corrected chi connectivity index (χ3v) is 3.34. The summed E-state index contributed by atoms with van der Waals surface area (Å²) in [7, 11) is 0. The topological polar surface area (TPSA) is 84.2 Å². The summed E-state index contributed by atoms with van der Waals surface area (Å²) in [4.78, 5) is 15.9. The highest BCUT2D eigenvalue weighted by Crippen LogP contribution is 2.15. The number of carbonyl (C=O) groups excluding carboxylic acids is 1. The van der Waals surface area contributed by atoms with Crippen molar-refractivity contribution in [3.05, 3.63) is 40.7 Å². The van der Waals surface area contributed by atoms with Gasteiger partial charge in [0.05, 0.1) is 11.6 Å². The van der Waals surface area contributed by atoms with Crippen LogP contribution in [0.1, 0.15) is 12.5 Å². The molecular weight excluding hydrogens is 302 g/mol. The number of nitriles is 1. The third-order valence-electron chi connectivity index (χ3n) is 2.59. The SMILES string of the molecule is CCOCCOC(=O)/C(C#N)=C(\NCc1cccnc1)SC. The molecule has 0 amide bonds. The summed E-state index contributed by atoms with van der Waals surface area (Å²) in [6.07, 6.45) is 5.19. The highest BCUT2D eigenvalue weighted by molar-refractivity contribution is 8.02. The first-order valence-corrected chi connectivity index (χ1v) is 8.01. The fourth-order valence-electron chi connectivity index (χ4n) is 1.55. The Kier molecular flexibility index (Phi) is 8.72. The molecule has 6 nitrogen and oxygen atoms in total. The number of ether oxygens (including phenoxy) is 2. The van der Waals surface area contributed by atoms with Gasteiger partial charge in [-0.15, -0.1) is 11.8 Å². The van der Waals surface area contributed by atoms with Crippen molar-refractivity contribution in [2.24, 2.45) is 0 Å². The number of pyridine rings is 1. The van der Waals surface area contributed by atoms with E-state index in [4.69, 9.17) is 9.47 Å². The molecule has 0 aliphatic carbocycles. The van der Waals surface area contributed by atoms with E-state index in [-0.39, 0.29) is 12.2 Å². The number of thioether (sulfide) groups is 1. The summed E-state index contributed by atoms with van der Waals surface area (Å²) >= 11 is 1.29. The first-order chi connectivity index (χ1) is 10.7. The Morgan fingerprint density at radius 3 is 2.91 bits per heavy atom. The minimum absolute atomic E-state index is 0.0344. The van der Waals surface area contributed by atoms with Gasteiger partial charge in [0.25, 0.3) is 0 Å². The Hall–Kier alpha value is -2.04. The summed E-state index contributed by atoms with van der Waals surface area (Å²) < 4.78 is 10.1. The average Bonchev–Trinajstić information content (AvgIpc) is 2.56. The van der Waals surface area contributed by atoms with Crippen molar-refractivity contribution in [3.8, 4) is 6.07 Å². The van der Waals surface area contributed by atoms with Crippen molar-refractivity contribution < 1.29 is 14.3 Å². The fourth-order valence-corrected chi connectivity index (χ4v) is 2.10. The number of nitrogens with zero attached hydrogens (tertiary/aromatic N) is 2. The molecule has 0 radical (unpaired) electrons. The Bertz CT molecular complexity index is 541. The van der Waals surface area contributed by atoms with Crippen molar-refractivity contribution in [3.63, 3.8) is 0 Å². The van der Waals surface area contributed by atoms with Gasteiger partial charge in [0.2, 0.25) is 0 Å². The molecule has 0 aliphatic rings. The largest absolute Gasteiger partial charge is 0.459 e. The second-order valence-corrected chi connectivity index (χ2v) is 4.88. The highest BCUT2D eigenvalue weighted by Gasteiger charge is 2.16. The molecule has 118 valence electrons. The van der Waals surface area contributed by atoms with Crippen LogP contribution in [-0.2, 0) is 20.8 Å². The van der Waals surface area contributed by atoms with E-state index < -0.39 is 5.97 Å². The Labute approximate surface area is 134 Å². The molecule has 0 aromatic carbocycles. The second kappa shape index (κ2) is 10.7. The van der Waals surface area contributed by atoms with Gasteiger partial charge in [0.1, 0.15) is 12.7 Å². The van der Waals surface area contributed by atoms with Gasteiger partial charge in [-0.05, 0) is 24.8 Å². The molecule has 0 aliphatic heterocycles. The van der Waals surface area contributed by atoms with Crippen LogP contribution in [0.5, 0.6) is 0 Å². The zero-order chi connectivity index (χ0) is 16.2. The summed E-state index contributed by atoms with van der Waals surface area (Å²) in [5.41, 5.74) is 0.920. The molecule has 1 rings (SSSR count). The maximum absolute atomic E-state index is 11.9. The lowest BCUT2D eigenvalue weighted by molar-refractivity contribution is -0.140. The monoisotopic (exact) mass is 321 g/mol. The van der Waals surface area contributed by atoms with Crippen molar-refractivity contribution in [2.75, 3.05) is 26.1 Å². The summed E-state index contributed by atoms with van der Waals surface area (Å²) in [6, 6.07) is 5.63. The van der Waals surface area contributed by atoms with Crippen LogP contribution in [0.25, 0.3) is 0 Å². The van der Waals surface area contributed by atoms with E-state index in [1.165, 1.54) is 11.8 Å². The number of carbonyl (C=O) groups is 1. The fraction of sp³-hybridized carbons (Fsp3) is 0.400. The molecule has 0 saturated heterocycles. The van der Waals surface area contributed by atoms with Crippen LogP contribution in [0.15, 0.2) is 35.1 Å². The lowest BCUT2D eigenvalue weighted by atomic mass is 10.3. The number of rotatable bonds is 9. The van der Waals surface area contributed by atoms with E-state index in [0.29, 0.717) is 24.8 Å². The molecule has 0 bridgehead atoms. The van der Waals surface area contributed by atoms with Crippen LogP contribution >= 0.6 is 11.8 Å². The molecule has 22 heavy (non-hydrogen) atoms. The maximum atomic E-state index is 11.9. The molecule has 0 saturated carbocycles. The predicted octanol–water partition coefficient (Wildman–Crippen LogP) is 1.85. The van der Waals surface area contributed by atoms with Crippen molar-refractivity contribution in [2.45, 2.75) is 13.5 Å². The number of esters is 1. The average molecular weight is 321 g/mol. The molecule has 1 heterocycles. The predicted molar refractivity (Wildman–Crippen MR) is 84.7 cm³/mol. The second-order valence-electron chi connectivity index (χ2n) is 4.07. The molecule has 0 unspecified atom stereocenters. The summed E-state index contributed by atoms with van der Waals surface area (Å²) in [6.45, 7) is 3.33. The highest BCUT2D eigenvalue weighted by atomic mass is 32.2. The van der Waals surface area contributed by atoms with Crippen molar-refractivity contribution in [1.82, 2.24) is 10.3 Å². The van der Waals surface area contributed by atoms with Crippen LogP contribution in [0.4, 0.5) is 0 Å². The number of aromatic nitrogens is 1. The maximum Gasteiger partial charge on any atom is 0.351 e. The van der Waals surface area contributed by atoms with Crippen LogP contribution in [0.2, 0.25) is 0 Å². The van der Waals surface area contributed by atoms with Gasteiger partial charge in [-0.2, -0.15) is 5.26 Å². The lowest BCUT2D eigenvalue weighted by Crippen LogP contribution is -2.18. The molecular formula is C15H19N3O3S. The Balaban J connectivity index is 2.66. The quantitative estimate of drug-likeness (QED) is 0.321. The van der Waals surface area contributed by atoms with E-state index in [9.17, 15) is 10.1 Å². The number of nitrogens with one attached hydrogen (secondary N) is 1. The van der Waals surface area contributed by atoms with E-state index in [0.717, 1.165) is 5.56 Å². The van der Waals surface area contributed by atoms with Gasteiger partial charge in [-0.25, -0.2) is 4.79 Å². The minimum atomic E-state index is -0.648. The molecule has 1 N–H and O–H groups in total. The molecule has 0 fully saturated rings. The first-order valence-electron chi connectivity index (χ1n) is 6.78. The van der Waals surface area contributed by atoms with Crippen LogP contribution in [0.3, 0.4) is 0 Å². The van der Waals surface area contributed by atoms with Crippen molar-refractivity contribution in [1.29, 1.82) is 5.26 Å². The van der Waals surface area contributed by atoms with Gasteiger partial charge >= 0.3 is 5.97 Å². The van der Waals surface area contributed by atoms with Crippen molar-refractivity contribution >= 4 is 17.7 Å². The zero-order valence-electron chi connectivity index (χ0n) is 12.7. The Morgan fingerprint density at radius 1 is 1.50 bits per heavy atom. The van der Waals surface area contributed by atoms with Gasteiger partial charge in [-0.3, -0.25) is 4.98 Å². The van der Waals surface area contributed by atoms with E-state index in [1.807, 2.05) is 25.1 Å². The van der Waals surface area contributed by atoms with Crippen LogP contribution in [-0.4, -0.2) is 37.0 Å². The summed E-state index contributed by atoms with van der Waals surface area (Å²) in [5.74, 6) is -0.648. The first kappa shape index (κ1) is 18.0. The van der Waals surface area contributed by atoms with E-state index in [1.54, 1.807) is 18.6 Å². The van der Waals surface area contributed by atoms with Gasteiger partial charge in [0, 0.05) is 25.5 Å². The van der Waals surface area contributed by atoms with E-state index in [2.05, 4.69) is 10.3 Å². The lowest BCUT2D eigenvalue weighted by Gasteiger charge is -2.11. The zero-order valence-corrected chi connectivity index (χ0v) is 13.5. The van der Waals surface area contributed by atoms with Gasteiger partial charge < -0.3 is 14.8 Å². The normalized spacial score (nSPS) is 11.3. The molecule has 7 heteroatoms. The van der Waals surface area contributed by atoms with Crippen LogP contribution < -0.4 is 5.32 Å². The smallest absolute Gasteiger partial charge is 0.351 e. The van der Waals surface area contributed by atoms with Gasteiger partial charge in [-0.1, -0.05) is 6.07 Å². The molecule has 0 atom stereocenters. The number of hydrogen-bond acceptors (Lipinski definition) is 7. The molecule has 0 spiro atoms. The number of hydrogen-bond donors (Lipinski definition) is 1. The Morgan fingerprint density at radius 2 is 2.32 bits per heavy atom. The third kappa shape index (κ3) is 6.16. The molecule has 1 aromatic rings. The van der Waals surface area contributed by atoms with E-state index >= 15 is 0 Å². The standard InChI is InChI=1S/C15H19N3O3S/c1-3-20-7-8-21-15(19)13(9-16)14(22-2)18-11-12-5-4-6-17-10-12/h4-6,10,18H,3,7-8,11H2,1-2H3/b14-13+. The van der Waals surface area contributed by atoms with Gasteiger partial charge in [0.15, 0.2) is 5.57 Å². The minimum Gasteiger partial charge on any atom is -0.459 e.